The van der Waals surface area contributed by atoms with E-state index in [4.69, 9.17) is 0 Å². The lowest BCUT2D eigenvalue weighted by molar-refractivity contribution is -0.133. The molecule has 120 valence electrons. The molecule has 0 radical (unpaired) electrons. The van der Waals surface area contributed by atoms with Crippen LogP contribution in [0.4, 0.5) is 0 Å². The molecule has 0 spiro atoms. The molecule has 5 nitrogen and oxygen atoms in total. The highest BCUT2D eigenvalue weighted by Crippen LogP contribution is 2.40. The molecule has 1 aliphatic carbocycles. The number of pyridine rings is 2. The summed E-state index contributed by atoms with van der Waals surface area (Å²) in [5.41, 5.74) is 1.63. The van der Waals surface area contributed by atoms with Crippen LogP contribution in [0.15, 0.2) is 29.2 Å². The first kappa shape index (κ1) is 14.4. The number of fused-ring (bicyclic) bond motifs is 1. The minimum Gasteiger partial charge on any atom is -0.342 e. The van der Waals surface area contributed by atoms with Gasteiger partial charge >= 0.3 is 0 Å². The lowest BCUT2D eigenvalue weighted by Crippen LogP contribution is -2.39. The summed E-state index contributed by atoms with van der Waals surface area (Å²) in [5, 5.41) is 0.631. The van der Waals surface area contributed by atoms with Gasteiger partial charge in [-0.2, -0.15) is 0 Å². The van der Waals surface area contributed by atoms with Crippen LogP contribution in [0.3, 0.4) is 0 Å². The number of likely N-dealkylation sites (tertiary alicyclic amines) is 1. The zero-order chi connectivity index (χ0) is 16.0. The Bertz CT molecular complexity index is 805. The topological polar surface area (TPSA) is 66.1 Å². The van der Waals surface area contributed by atoms with E-state index >= 15 is 0 Å². The van der Waals surface area contributed by atoms with Crippen LogP contribution in [0.1, 0.15) is 37.8 Å². The summed E-state index contributed by atoms with van der Waals surface area (Å²) in [7, 11) is 0. The van der Waals surface area contributed by atoms with Gasteiger partial charge in [0.2, 0.25) is 5.91 Å². The smallest absolute Gasteiger partial charge is 0.257 e. The van der Waals surface area contributed by atoms with E-state index in [9.17, 15) is 9.59 Å². The molecule has 5 heteroatoms. The van der Waals surface area contributed by atoms with Gasteiger partial charge in [-0.25, -0.2) is 0 Å². The van der Waals surface area contributed by atoms with Crippen LogP contribution in [-0.4, -0.2) is 33.9 Å². The van der Waals surface area contributed by atoms with Gasteiger partial charge in [-0.05, 0) is 43.4 Å². The van der Waals surface area contributed by atoms with Crippen molar-refractivity contribution in [2.75, 3.05) is 13.1 Å². The van der Waals surface area contributed by atoms with Gasteiger partial charge in [-0.1, -0.05) is 6.92 Å². The molecule has 1 saturated heterocycles. The number of aromatic amines is 1. The average molecular weight is 311 g/mol. The summed E-state index contributed by atoms with van der Waals surface area (Å²) < 4.78 is 0. The van der Waals surface area contributed by atoms with Crippen LogP contribution >= 0.6 is 0 Å². The van der Waals surface area contributed by atoms with E-state index in [1.807, 2.05) is 11.0 Å². The third-order valence-corrected chi connectivity index (χ3v) is 5.31. The van der Waals surface area contributed by atoms with E-state index in [1.165, 1.54) is 0 Å². The van der Waals surface area contributed by atoms with Crippen molar-refractivity contribution in [1.29, 1.82) is 0 Å². The van der Waals surface area contributed by atoms with Crippen LogP contribution < -0.4 is 5.56 Å². The van der Waals surface area contributed by atoms with Crippen molar-refractivity contribution in [2.45, 2.75) is 32.1 Å². The van der Waals surface area contributed by atoms with Crippen molar-refractivity contribution in [3.63, 3.8) is 0 Å². The molecule has 3 heterocycles. The fourth-order valence-corrected chi connectivity index (χ4v) is 3.64. The van der Waals surface area contributed by atoms with Crippen LogP contribution in [-0.2, 0) is 4.79 Å². The Morgan fingerprint density at radius 2 is 2.09 bits per heavy atom. The van der Waals surface area contributed by atoms with Crippen LogP contribution in [0.5, 0.6) is 0 Å². The summed E-state index contributed by atoms with van der Waals surface area (Å²) in [6.07, 6.45) is 4.56. The summed E-state index contributed by atoms with van der Waals surface area (Å²) in [6.45, 7) is 3.71. The number of amides is 1. The van der Waals surface area contributed by atoms with Gasteiger partial charge in [-0.15, -0.1) is 0 Å². The molecule has 1 aliphatic heterocycles. The molecule has 0 bridgehead atoms. The largest absolute Gasteiger partial charge is 0.342 e. The molecule has 2 aromatic heterocycles. The third-order valence-electron chi connectivity index (χ3n) is 5.31. The SMILES string of the molecule is C[C@@H]1C[C@@H]1C(=O)N1CCC(c2cc3ncccc3c(=O)[nH]2)CC1. The number of carbonyl (C=O) groups excluding carboxylic acids is 1. The monoisotopic (exact) mass is 311 g/mol. The standard InChI is InChI=1S/C18H21N3O2/c1-11-9-14(11)18(23)21-7-4-12(5-8-21)15-10-16-13(17(22)20-15)3-2-6-19-16/h2-3,6,10-12,14H,4-5,7-9H2,1H3,(H,20,22)/t11-,14+/m1/s1. The second kappa shape index (κ2) is 5.48. The Balaban J connectivity index is 1.50. The molecule has 1 amide bonds. The molecule has 2 aliphatic rings. The Hall–Kier alpha value is -2.17. The summed E-state index contributed by atoms with van der Waals surface area (Å²) in [6, 6.07) is 5.56. The minimum atomic E-state index is -0.0732. The van der Waals surface area contributed by atoms with Crippen molar-refractivity contribution in [3.05, 3.63) is 40.4 Å². The van der Waals surface area contributed by atoms with Crippen LogP contribution in [0.25, 0.3) is 10.9 Å². The van der Waals surface area contributed by atoms with Crippen molar-refractivity contribution in [3.8, 4) is 0 Å². The van der Waals surface area contributed by atoms with E-state index in [0.717, 1.165) is 43.6 Å². The maximum Gasteiger partial charge on any atom is 0.257 e. The highest BCUT2D eigenvalue weighted by Gasteiger charge is 2.42. The fourth-order valence-electron chi connectivity index (χ4n) is 3.64. The third kappa shape index (κ3) is 2.64. The molecule has 4 rings (SSSR count). The number of piperidine rings is 1. The van der Waals surface area contributed by atoms with E-state index < -0.39 is 0 Å². The lowest BCUT2D eigenvalue weighted by atomic mass is 9.92. The van der Waals surface area contributed by atoms with Crippen LogP contribution in [0, 0.1) is 11.8 Å². The fraction of sp³-hybridized carbons (Fsp3) is 0.500. The Morgan fingerprint density at radius 1 is 1.35 bits per heavy atom. The minimum absolute atomic E-state index is 0.0732. The van der Waals surface area contributed by atoms with Gasteiger partial charge in [0.15, 0.2) is 0 Å². The zero-order valence-electron chi connectivity index (χ0n) is 13.3. The summed E-state index contributed by atoms with van der Waals surface area (Å²) in [4.78, 5) is 33.8. The van der Waals surface area contributed by atoms with Crippen molar-refractivity contribution in [2.24, 2.45) is 11.8 Å². The quantitative estimate of drug-likeness (QED) is 0.925. The summed E-state index contributed by atoms with van der Waals surface area (Å²) >= 11 is 0. The second-order valence-corrected chi connectivity index (χ2v) is 6.91. The molecule has 2 fully saturated rings. The van der Waals surface area contributed by atoms with Crippen molar-refractivity contribution < 1.29 is 4.79 Å². The van der Waals surface area contributed by atoms with E-state index in [1.54, 1.807) is 18.3 Å². The molecular formula is C18H21N3O2. The number of H-pyrrole nitrogens is 1. The maximum atomic E-state index is 12.3. The van der Waals surface area contributed by atoms with E-state index in [-0.39, 0.29) is 11.5 Å². The van der Waals surface area contributed by atoms with Crippen molar-refractivity contribution >= 4 is 16.8 Å². The Labute approximate surface area is 134 Å². The number of hydrogen-bond donors (Lipinski definition) is 1. The van der Waals surface area contributed by atoms with Gasteiger partial charge in [0.25, 0.3) is 5.56 Å². The number of nitrogens with one attached hydrogen (secondary N) is 1. The number of carbonyl (C=O) groups is 1. The average Bonchev–Trinajstić information content (AvgIpc) is 3.31. The maximum absolute atomic E-state index is 12.3. The molecule has 0 aromatic carbocycles. The molecule has 1 N–H and O–H groups in total. The Morgan fingerprint density at radius 3 is 2.78 bits per heavy atom. The van der Waals surface area contributed by atoms with Gasteiger partial charge in [-0.3, -0.25) is 14.6 Å². The highest BCUT2D eigenvalue weighted by atomic mass is 16.2. The number of nitrogens with zero attached hydrogens (tertiary/aromatic N) is 2. The van der Waals surface area contributed by atoms with E-state index in [2.05, 4.69) is 16.9 Å². The first-order valence-electron chi connectivity index (χ1n) is 8.40. The molecule has 23 heavy (non-hydrogen) atoms. The van der Waals surface area contributed by atoms with E-state index in [0.29, 0.717) is 23.1 Å². The highest BCUT2D eigenvalue weighted by molar-refractivity contribution is 5.81. The zero-order valence-corrected chi connectivity index (χ0v) is 13.3. The molecule has 1 saturated carbocycles. The summed E-state index contributed by atoms with van der Waals surface area (Å²) in [5.74, 6) is 1.44. The molecule has 2 atom stereocenters. The van der Waals surface area contributed by atoms with Gasteiger partial charge in [0, 0.05) is 36.8 Å². The first-order chi connectivity index (χ1) is 11.1. The Kier molecular flexibility index (Phi) is 3.43. The van der Waals surface area contributed by atoms with Gasteiger partial charge in [0.05, 0.1) is 10.9 Å². The molecular weight excluding hydrogens is 290 g/mol. The predicted octanol–water partition coefficient (Wildman–Crippen LogP) is 2.29. The first-order valence-corrected chi connectivity index (χ1v) is 8.40. The number of aromatic nitrogens is 2. The van der Waals surface area contributed by atoms with Crippen molar-refractivity contribution in [1.82, 2.24) is 14.9 Å². The van der Waals surface area contributed by atoms with Gasteiger partial charge in [0.1, 0.15) is 0 Å². The number of hydrogen-bond acceptors (Lipinski definition) is 3. The number of rotatable bonds is 2. The normalized spacial score (nSPS) is 24.8. The predicted molar refractivity (Wildman–Crippen MR) is 88.2 cm³/mol. The second-order valence-electron chi connectivity index (χ2n) is 6.91. The van der Waals surface area contributed by atoms with Crippen LogP contribution in [0.2, 0.25) is 0 Å². The van der Waals surface area contributed by atoms with Gasteiger partial charge < -0.3 is 9.88 Å². The molecule has 2 aromatic rings. The lowest BCUT2D eigenvalue weighted by Gasteiger charge is -2.32. The molecule has 0 unspecified atom stereocenters.